The summed E-state index contributed by atoms with van der Waals surface area (Å²) in [7, 11) is -4.02. The predicted octanol–water partition coefficient (Wildman–Crippen LogP) is 3.02. The van der Waals surface area contributed by atoms with Crippen molar-refractivity contribution in [2.75, 3.05) is 20.1 Å². The van der Waals surface area contributed by atoms with Gasteiger partial charge < -0.3 is 25.1 Å². The molecule has 1 saturated heterocycles. The van der Waals surface area contributed by atoms with E-state index in [0.717, 1.165) is 5.56 Å². The summed E-state index contributed by atoms with van der Waals surface area (Å²) in [6.07, 6.45) is 0.662. The highest BCUT2D eigenvalue weighted by molar-refractivity contribution is 7.92. The molecular formula is C24H32N2O6S. The zero-order chi connectivity index (χ0) is 24.0. The van der Waals surface area contributed by atoms with Crippen molar-refractivity contribution in [3.63, 3.8) is 0 Å². The first-order valence-electron chi connectivity index (χ1n) is 11.1. The summed E-state index contributed by atoms with van der Waals surface area (Å²) in [4.78, 5) is 0.479. The molecule has 1 fully saturated rings. The normalized spacial score (nSPS) is 22.2. The van der Waals surface area contributed by atoms with Crippen molar-refractivity contribution in [1.82, 2.24) is 4.90 Å². The number of benzene rings is 2. The maximum Gasteiger partial charge on any atom is 0.231 e. The summed E-state index contributed by atoms with van der Waals surface area (Å²) in [5.41, 5.74) is 6.63. The summed E-state index contributed by atoms with van der Waals surface area (Å²) >= 11 is 0. The number of phenols is 1. The van der Waals surface area contributed by atoms with Gasteiger partial charge in [-0.1, -0.05) is 26.0 Å². The molecular weight excluding hydrogens is 444 g/mol. The molecule has 0 amide bonds. The number of nitrogens with zero attached hydrogens (tertiary/aromatic N) is 1. The van der Waals surface area contributed by atoms with Crippen LogP contribution in [-0.2, 0) is 27.4 Å². The minimum atomic E-state index is -4.02. The largest absolute Gasteiger partial charge is 0.508 e. The first-order chi connectivity index (χ1) is 15.5. The topological polar surface area (TPSA) is 111 Å². The number of fused-ring (bicyclic) bond motifs is 1. The van der Waals surface area contributed by atoms with Gasteiger partial charge in [-0.3, -0.25) is 0 Å². The second-order valence-corrected chi connectivity index (χ2v) is 11.7. The zero-order valence-corrected chi connectivity index (χ0v) is 20.3. The number of hydrogen-bond acceptors (Lipinski definition) is 8. The van der Waals surface area contributed by atoms with E-state index in [1.54, 1.807) is 41.3 Å². The van der Waals surface area contributed by atoms with Crippen molar-refractivity contribution in [1.29, 1.82) is 0 Å². The smallest absolute Gasteiger partial charge is 0.231 e. The molecule has 0 saturated carbocycles. The van der Waals surface area contributed by atoms with Gasteiger partial charge in [-0.2, -0.15) is 0 Å². The van der Waals surface area contributed by atoms with Crippen LogP contribution in [0.5, 0.6) is 17.2 Å². The molecule has 8 nitrogen and oxygen atoms in total. The Labute approximate surface area is 195 Å². The van der Waals surface area contributed by atoms with Crippen LogP contribution in [0.25, 0.3) is 0 Å². The number of rotatable bonds is 7. The lowest BCUT2D eigenvalue weighted by atomic mass is 10.0. The van der Waals surface area contributed by atoms with Crippen molar-refractivity contribution in [3.8, 4) is 17.2 Å². The van der Waals surface area contributed by atoms with E-state index in [4.69, 9.17) is 19.9 Å². The lowest BCUT2D eigenvalue weighted by Crippen LogP contribution is -2.60. The van der Waals surface area contributed by atoms with Gasteiger partial charge in [0.2, 0.25) is 16.6 Å². The van der Waals surface area contributed by atoms with Crippen molar-refractivity contribution in [2.45, 2.75) is 56.0 Å². The Bertz CT molecular complexity index is 1130. The standard InChI is InChI=1S/C24H32N2O6S/c1-16(2)11-19-21(10-9-20-22(19)31-15-30-20)33(28,29)24(12-17-5-7-18(27)8-6-17)13-32-23(3,4)26(24)14-25/h5-10,16,27H,11-15,25H2,1-4H3. The van der Waals surface area contributed by atoms with Gasteiger partial charge in [0.1, 0.15) is 11.5 Å². The van der Waals surface area contributed by atoms with Crippen LogP contribution < -0.4 is 15.2 Å². The van der Waals surface area contributed by atoms with E-state index in [2.05, 4.69) is 0 Å². The van der Waals surface area contributed by atoms with Crippen molar-refractivity contribution in [2.24, 2.45) is 11.7 Å². The number of aromatic hydroxyl groups is 1. The van der Waals surface area contributed by atoms with E-state index in [1.165, 1.54) is 0 Å². The molecule has 0 spiro atoms. The molecule has 1 unspecified atom stereocenters. The Morgan fingerprint density at radius 3 is 2.45 bits per heavy atom. The van der Waals surface area contributed by atoms with E-state index < -0.39 is 20.4 Å². The summed E-state index contributed by atoms with van der Waals surface area (Å²) in [6, 6.07) is 9.81. The molecule has 180 valence electrons. The third-order valence-corrected chi connectivity index (χ3v) is 8.84. The van der Waals surface area contributed by atoms with Gasteiger partial charge in [-0.25, -0.2) is 13.3 Å². The second-order valence-electron chi connectivity index (χ2n) is 9.51. The maximum absolute atomic E-state index is 14.6. The zero-order valence-electron chi connectivity index (χ0n) is 19.5. The molecule has 2 aromatic carbocycles. The molecule has 2 aliphatic rings. The molecule has 2 aliphatic heterocycles. The number of sulfone groups is 1. The van der Waals surface area contributed by atoms with Crippen molar-refractivity contribution in [3.05, 3.63) is 47.5 Å². The minimum Gasteiger partial charge on any atom is -0.508 e. The lowest BCUT2D eigenvalue weighted by Gasteiger charge is -2.41. The van der Waals surface area contributed by atoms with Gasteiger partial charge in [0.25, 0.3) is 0 Å². The fourth-order valence-electron chi connectivity index (χ4n) is 4.79. The Morgan fingerprint density at radius 1 is 1.12 bits per heavy atom. The molecule has 9 heteroatoms. The van der Waals surface area contributed by atoms with Gasteiger partial charge in [0, 0.05) is 18.7 Å². The number of nitrogens with two attached hydrogens (primary N) is 1. The van der Waals surface area contributed by atoms with Crippen LogP contribution in [-0.4, -0.2) is 49.1 Å². The quantitative estimate of drug-likeness (QED) is 0.627. The van der Waals surface area contributed by atoms with Gasteiger partial charge in [0.15, 0.2) is 16.4 Å². The lowest BCUT2D eigenvalue weighted by molar-refractivity contribution is -0.0544. The van der Waals surface area contributed by atoms with Crippen LogP contribution in [0.1, 0.15) is 38.8 Å². The van der Waals surface area contributed by atoms with Crippen molar-refractivity contribution < 1.29 is 27.7 Å². The SMILES string of the molecule is CC(C)Cc1c(S(=O)(=O)C2(Cc3ccc(O)cc3)COC(C)(C)N2CN)ccc2c1OCO2. The average Bonchev–Trinajstić information content (AvgIpc) is 3.32. The van der Waals surface area contributed by atoms with Crippen LogP contribution in [0.15, 0.2) is 41.3 Å². The van der Waals surface area contributed by atoms with Gasteiger partial charge in [0.05, 0.1) is 11.5 Å². The van der Waals surface area contributed by atoms with Crippen LogP contribution in [0.3, 0.4) is 0 Å². The first-order valence-corrected chi connectivity index (χ1v) is 12.6. The highest BCUT2D eigenvalue weighted by Crippen LogP contribution is 2.47. The van der Waals surface area contributed by atoms with Crippen LogP contribution in [0, 0.1) is 5.92 Å². The number of phenolic OH excluding ortho intramolecular Hbond substituents is 1. The summed E-state index contributed by atoms with van der Waals surface area (Å²) < 4.78 is 46.4. The summed E-state index contributed by atoms with van der Waals surface area (Å²) in [5.74, 6) is 1.35. The maximum atomic E-state index is 14.6. The van der Waals surface area contributed by atoms with E-state index in [0.29, 0.717) is 23.5 Å². The minimum absolute atomic E-state index is 0.00558. The Morgan fingerprint density at radius 2 is 1.82 bits per heavy atom. The summed E-state index contributed by atoms with van der Waals surface area (Å²) in [6.45, 7) is 7.72. The molecule has 2 aromatic rings. The number of ether oxygens (including phenoxy) is 3. The van der Waals surface area contributed by atoms with E-state index in [9.17, 15) is 13.5 Å². The predicted molar refractivity (Wildman–Crippen MR) is 124 cm³/mol. The monoisotopic (exact) mass is 476 g/mol. The van der Waals surface area contributed by atoms with E-state index in [1.807, 2.05) is 27.7 Å². The molecule has 2 heterocycles. The molecule has 0 bridgehead atoms. The molecule has 33 heavy (non-hydrogen) atoms. The van der Waals surface area contributed by atoms with Gasteiger partial charge in [-0.15, -0.1) is 0 Å². The van der Waals surface area contributed by atoms with Crippen molar-refractivity contribution >= 4 is 9.84 Å². The Balaban J connectivity index is 1.92. The molecule has 0 aliphatic carbocycles. The third-order valence-electron chi connectivity index (χ3n) is 6.39. The fraction of sp³-hybridized carbons (Fsp3) is 0.500. The second kappa shape index (κ2) is 8.47. The van der Waals surface area contributed by atoms with E-state index >= 15 is 0 Å². The van der Waals surface area contributed by atoms with Crippen LogP contribution >= 0.6 is 0 Å². The molecule has 0 aromatic heterocycles. The Hall–Kier alpha value is -2.33. The van der Waals surface area contributed by atoms with Gasteiger partial charge in [-0.05, 0) is 56.0 Å². The third kappa shape index (κ3) is 3.97. The van der Waals surface area contributed by atoms with Gasteiger partial charge >= 0.3 is 0 Å². The highest BCUT2D eigenvalue weighted by Gasteiger charge is 2.60. The van der Waals surface area contributed by atoms with Crippen LogP contribution in [0.2, 0.25) is 0 Å². The Kier molecular flexibility index (Phi) is 6.11. The first kappa shape index (κ1) is 23.8. The summed E-state index contributed by atoms with van der Waals surface area (Å²) in [5, 5.41) is 9.71. The molecule has 4 rings (SSSR count). The van der Waals surface area contributed by atoms with E-state index in [-0.39, 0.29) is 43.1 Å². The van der Waals surface area contributed by atoms with Crippen LogP contribution in [0.4, 0.5) is 0 Å². The molecule has 3 N–H and O–H groups in total. The highest BCUT2D eigenvalue weighted by atomic mass is 32.2. The molecule has 0 radical (unpaired) electrons. The average molecular weight is 477 g/mol. The number of hydrogen-bond donors (Lipinski definition) is 2. The fourth-order valence-corrected chi connectivity index (χ4v) is 7.10. The molecule has 1 atom stereocenters.